The van der Waals surface area contributed by atoms with Crippen LogP contribution in [0.25, 0.3) is 10.9 Å². The standard InChI is InChI=1S/C52H73N15O11/c1-28(2)20-38(65-46(72)36(16-11-19-57-52(54)55)64-50(76)44(29(3)4)61-30(5)68)45(71)59-26-43(70)62-39(21-31-12-7-6-8-13-31)48(74)63-37(17-18-42(53)69)47(73)66-40(23-33-25-56-27-60-33)49(75)67-41(51(77)78)22-32-24-58-35-15-10-9-14-34(32)35/h6-10,12-15,24-25,27-29,36-41,44,58H,11,16-23,26H2,1-5H3,(H2,53,69)(H,56,60)(H,59,71)(H,61,68)(H,62,70)(H,63,74)(H,64,76)(H,65,72)(H,66,73)(H,67,75)(H,77,78)(H4,54,55,57)/t36-,37-,38-,39-,40-,41-,44-/m0/s1. The lowest BCUT2D eigenvalue weighted by Crippen LogP contribution is -2.59. The van der Waals surface area contributed by atoms with Crippen molar-refractivity contribution < 1.29 is 53.1 Å². The van der Waals surface area contributed by atoms with Gasteiger partial charge in [-0.25, -0.2) is 9.78 Å². The molecule has 4 aromatic rings. The Balaban J connectivity index is 1.52. The van der Waals surface area contributed by atoms with Crippen molar-refractivity contribution in [3.8, 4) is 0 Å². The number of nitrogens with two attached hydrogens (primary N) is 3. The predicted molar refractivity (Wildman–Crippen MR) is 287 cm³/mol. The van der Waals surface area contributed by atoms with Crippen LogP contribution in [0.2, 0.25) is 0 Å². The first kappa shape index (κ1) is 61.7. The molecule has 0 fully saturated rings. The Hall–Kier alpha value is -8.84. The summed E-state index contributed by atoms with van der Waals surface area (Å²) < 4.78 is 0. The van der Waals surface area contributed by atoms with Gasteiger partial charge >= 0.3 is 5.97 Å². The lowest BCUT2D eigenvalue weighted by atomic mass is 10.0. The van der Waals surface area contributed by atoms with Crippen molar-refractivity contribution >= 4 is 76.0 Å². The van der Waals surface area contributed by atoms with Crippen molar-refractivity contribution in [2.75, 3.05) is 13.1 Å². The summed E-state index contributed by atoms with van der Waals surface area (Å²) in [5, 5.41) is 31.7. The number of carboxylic acids is 1. The Morgan fingerprint density at radius 1 is 0.641 bits per heavy atom. The van der Waals surface area contributed by atoms with Gasteiger partial charge < -0.3 is 74.8 Å². The highest BCUT2D eigenvalue weighted by Gasteiger charge is 2.34. The topological polar surface area (TPSA) is 422 Å². The van der Waals surface area contributed by atoms with Crippen LogP contribution in [-0.2, 0) is 67.2 Å². The number of aliphatic carboxylic acids is 1. The second-order valence-electron chi connectivity index (χ2n) is 19.5. The number of imidazole rings is 1. The van der Waals surface area contributed by atoms with E-state index in [4.69, 9.17) is 17.2 Å². The first-order chi connectivity index (χ1) is 37.0. The summed E-state index contributed by atoms with van der Waals surface area (Å²) in [7, 11) is 0. The number of carbonyl (C=O) groups excluding carboxylic acids is 9. The molecular formula is C52H73N15O11. The molecule has 0 aliphatic carbocycles. The van der Waals surface area contributed by atoms with Gasteiger partial charge in [0.05, 0.1) is 12.9 Å². The minimum Gasteiger partial charge on any atom is -0.480 e. The Labute approximate surface area is 450 Å². The number of hydrogen-bond acceptors (Lipinski definition) is 12. The van der Waals surface area contributed by atoms with Crippen LogP contribution < -0.4 is 59.7 Å². The number of rotatable bonds is 32. The average molecular weight is 1080 g/mol. The van der Waals surface area contributed by atoms with Gasteiger partial charge in [-0.05, 0) is 54.7 Å². The van der Waals surface area contributed by atoms with Gasteiger partial charge in [0.1, 0.15) is 42.3 Å². The molecule has 2 aromatic heterocycles. The smallest absolute Gasteiger partial charge is 0.326 e. The maximum Gasteiger partial charge on any atom is 0.326 e. The molecular weight excluding hydrogens is 1010 g/mol. The lowest BCUT2D eigenvalue weighted by molar-refractivity contribution is -0.142. The molecule has 2 aromatic carbocycles. The third kappa shape index (κ3) is 20.7. The molecule has 2 heterocycles. The number of H-pyrrole nitrogens is 2. The zero-order chi connectivity index (χ0) is 57.5. The van der Waals surface area contributed by atoms with Gasteiger partial charge in [-0.3, -0.25) is 48.1 Å². The van der Waals surface area contributed by atoms with Crippen molar-refractivity contribution in [3.05, 3.63) is 90.1 Å². The van der Waals surface area contributed by atoms with E-state index in [0.29, 0.717) is 16.8 Å². The molecule has 422 valence electrons. The molecule has 0 radical (unpaired) electrons. The van der Waals surface area contributed by atoms with Crippen LogP contribution in [0.3, 0.4) is 0 Å². The Morgan fingerprint density at radius 2 is 1.23 bits per heavy atom. The molecule has 0 saturated heterocycles. The lowest BCUT2D eigenvalue weighted by Gasteiger charge is -2.27. The van der Waals surface area contributed by atoms with Crippen molar-refractivity contribution in [1.29, 1.82) is 0 Å². The van der Waals surface area contributed by atoms with E-state index in [2.05, 4.69) is 62.5 Å². The van der Waals surface area contributed by atoms with Crippen LogP contribution in [0.5, 0.6) is 0 Å². The van der Waals surface area contributed by atoms with E-state index >= 15 is 0 Å². The van der Waals surface area contributed by atoms with E-state index in [1.807, 2.05) is 12.1 Å². The summed E-state index contributed by atoms with van der Waals surface area (Å²) in [6, 6.07) is 6.47. The Kier molecular flexibility index (Phi) is 24.2. The van der Waals surface area contributed by atoms with Gasteiger partial charge in [0.25, 0.3) is 0 Å². The highest BCUT2D eigenvalue weighted by molar-refractivity contribution is 5.97. The first-order valence-electron chi connectivity index (χ1n) is 25.5. The normalized spacial score (nSPS) is 13.8. The molecule has 9 amide bonds. The minimum absolute atomic E-state index is 0.0367. The number of guanidine groups is 1. The van der Waals surface area contributed by atoms with Crippen LogP contribution >= 0.6 is 0 Å². The van der Waals surface area contributed by atoms with Gasteiger partial charge in [-0.2, -0.15) is 0 Å². The summed E-state index contributed by atoms with van der Waals surface area (Å²) in [4.78, 5) is 148. The van der Waals surface area contributed by atoms with Crippen LogP contribution in [0, 0.1) is 11.8 Å². The number of amides is 9. The van der Waals surface area contributed by atoms with E-state index in [9.17, 15) is 53.1 Å². The van der Waals surface area contributed by atoms with Gasteiger partial charge in [-0.1, -0.05) is 76.2 Å². The zero-order valence-electron chi connectivity index (χ0n) is 44.4. The average Bonchev–Trinajstić information content (AvgIpc) is 4.06. The van der Waals surface area contributed by atoms with Gasteiger partial charge in [0, 0.05) is 68.1 Å². The third-order valence-corrected chi connectivity index (χ3v) is 12.2. The first-order valence-corrected chi connectivity index (χ1v) is 25.5. The molecule has 4 rings (SSSR count). The molecule has 0 saturated carbocycles. The largest absolute Gasteiger partial charge is 0.480 e. The van der Waals surface area contributed by atoms with Crippen molar-refractivity contribution in [3.63, 3.8) is 0 Å². The van der Waals surface area contributed by atoms with Crippen LogP contribution in [-0.4, -0.2) is 141 Å². The minimum atomic E-state index is -1.54. The number of nitrogens with zero attached hydrogens (tertiary/aromatic N) is 2. The second-order valence-corrected chi connectivity index (χ2v) is 19.5. The number of fused-ring (bicyclic) bond motifs is 1. The number of nitrogens with one attached hydrogen (secondary N) is 10. The maximum absolute atomic E-state index is 14.3. The number of primary amides is 1. The third-order valence-electron chi connectivity index (χ3n) is 12.2. The number of benzene rings is 2. The quantitative estimate of drug-likeness (QED) is 0.0151. The number of aromatic nitrogens is 3. The highest BCUT2D eigenvalue weighted by atomic mass is 16.4. The summed E-state index contributed by atoms with van der Waals surface area (Å²) in [6.45, 7) is 7.71. The van der Waals surface area contributed by atoms with E-state index < -0.39 is 114 Å². The number of carboxylic acid groups (broad SMARTS) is 1. The fourth-order valence-electron chi connectivity index (χ4n) is 8.28. The summed E-state index contributed by atoms with van der Waals surface area (Å²) in [5.74, 6) is -9.08. The molecule has 78 heavy (non-hydrogen) atoms. The van der Waals surface area contributed by atoms with Gasteiger partial charge in [0.2, 0.25) is 53.2 Å². The molecule has 0 unspecified atom stereocenters. The molecule has 0 aliphatic heterocycles. The monoisotopic (exact) mass is 1080 g/mol. The van der Waals surface area contributed by atoms with Crippen LogP contribution in [0.15, 0.2) is 78.3 Å². The Morgan fingerprint density at radius 3 is 1.83 bits per heavy atom. The van der Waals surface area contributed by atoms with Crippen LogP contribution in [0.1, 0.15) is 83.5 Å². The van der Waals surface area contributed by atoms with Gasteiger partial charge in [0.15, 0.2) is 5.96 Å². The number of carbonyl (C=O) groups is 10. The highest BCUT2D eigenvalue weighted by Crippen LogP contribution is 2.20. The fourth-order valence-corrected chi connectivity index (χ4v) is 8.28. The summed E-state index contributed by atoms with van der Waals surface area (Å²) in [6.07, 6.45) is 3.54. The van der Waals surface area contributed by atoms with E-state index in [1.165, 1.54) is 19.4 Å². The molecule has 7 atom stereocenters. The van der Waals surface area contributed by atoms with Gasteiger partial charge in [-0.15, -0.1) is 0 Å². The van der Waals surface area contributed by atoms with Crippen molar-refractivity contribution in [2.45, 2.75) is 128 Å². The predicted octanol–water partition coefficient (Wildman–Crippen LogP) is -1.45. The molecule has 17 N–H and O–H groups in total. The molecule has 0 aliphatic rings. The molecule has 0 bridgehead atoms. The SMILES string of the molecule is CC(=O)N[C@H](C(=O)N[C@@H](CCCN=C(N)N)C(=O)N[C@@H](CC(C)C)C(=O)NCC(=O)N[C@@H](Cc1ccccc1)C(=O)N[C@@H](CCC(N)=O)C(=O)N[C@@H](Cc1cnc[nH]1)C(=O)N[C@@H](Cc1c[nH]c2ccccc12)C(=O)O)C(C)C. The maximum atomic E-state index is 14.3. The van der Waals surface area contributed by atoms with E-state index in [-0.39, 0.29) is 69.3 Å². The summed E-state index contributed by atoms with van der Waals surface area (Å²) >= 11 is 0. The molecule has 26 nitrogen and oxygen atoms in total. The zero-order valence-corrected chi connectivity index (χ0v) is 44.4. The number of para-hydroxylation sites is 1. The summed E-state index contributed by atoms with van der Waals surface area (Å²) in [5.41, 5.74) is 18.7. The number of aliphatic imine (C=N–C) groups is 1. The number of aromatic amines is 2. The van der Waals surface area contributed by atoms with Crippen molar-refractivity contribution in [2.24, 2.45) is 34.0 Å². The van der Waals surface area contributed by atoms with Crippen LogP contribution in [0.4, 0.5) is 0 Å². The number of hydrogen-bond donors (Lipinski definition) is 14. The van der Waals surface area contributed by atoms with Crippen molar-refractivity contribution in [1.82, 2.24) is 57.5 Å². The second kappa shape index (κ2) is 30.6. The molecule has 26 heteroatoms. The van der Waals surface area contributed by atoms with E-state index in [1.54, 1.807) is 76.4 Å². The van der Waals surface area contributed by atoms with E-state index in [0.717, 1.165) is 10.9 Å². The Bertz CT molecular complexity index is 2720. The fraction of sp³-hybridized carbons (Fsp3) is 0.462. The molecule has 0 spiro atoms.